The van der Waals surface area contributed by atoms with Crippen LogP contribution in [0.3, 0.4) is 0 Å². The summed E-state index contributed by atoms with van der Waals surface area (Å²) in [6, 6.07) is 3.79. The van der Waals surface area contributed by atoms with Crippen molar-refractivity contribution >= 4 is 5.91 Å². The Morgan fingerprint density at radius 1 is 1.34 bits per heavy atom. The Bertz CT molecular complexity index is 1210. The number of carbonyl (C=O) groups is 1. The minimum atomic E-state index is -0.416. The molecule has 4 rings (SSSR count). The van der Waals surface area contributed by atoms with E-state index in [1.807, 2.05) is 26.0 Å². The van der Waals surface area contributed by atoms with Crippen LogP contribution in [0.4, 0.5) is 0 Å². The molecule has 0 aromatic carbocycles. The quantitative estimate of drug-likeness (QED) is 0.599. The Balaban J connectivity index is 1.66. The van der Waals surface area contributed by atoms with Crippen LogP contribution < -0.4 is 15.6 Å². The number of pyridine rings is 1. The number of aryl methyl sites for hydroxylation is 3. The van der Waals surface area contributed by atoms with E-state index in [0.717, 1.165) is 23.4 Å². The lowest BCUT2D eigenvalue weighted by Gasteiger charge is -2.15. The molecule has 1 amide bonds. The van der Waals surface area contributed by atoms with Gasteiger partial charge in [-0.2, -0.15) is 15.1 Å². The van der Waals surface area contributed by atoms with E-state index in [1.54, 1.807) is 24.9 Å². The van der Waals surface area contributed by atoms with Crippen molar-refractivity contribution in [3.05, 3.63) is 56.8 Å². The Morgan fingerprint density at radius 2 is 2.16 bits per heavy atom. The van der Waals surface area contributed by atoms with E-state index in [4.69, 9.17) is 9.47 Å². The summed E-state index contributed by atoms with van der Waals surface area (Å²) in [5.41, 5.74) is 3.94. The molecule has 0 unspecified atom stereocenters. The van der Waals surface area contributed by atoms with Crippen molar-refractivity contribution in [2.75, 3.05) is 13.2 Å². The highest BCUT2D eigenvalue weighted by molar-refractivity contribution is 5.95. The van der Waals surface area contributed by atoms with Crippen LogP contribution in [0.15, 0.2) is 23.1 Å². The number of rotatable bonds is 6. The SMILES string of the molecule is Cc1cc(C)c(CNC(=O)c2nc(O[C@H]3CCOC3)nc(-c3ccnn3C)c2C)c(=O)[nH]1. The number of amides is 1. The number of aromatic nitrogens is 5. The lowest BCUT2D eigenvalue weighted by molar-refractivity contribution is 0.0941. The van der Waals surface area contributed by atoms with Crippen molar-refractivity contribution in [3.8, 4) is 17.4 Å². The third kappa shape index (κ3) is 4.40. The Kier molecular flexibility index (Phi) is 6.04. The van der Waals surface area contributed by atoms with E-state index in [-0.39, 0.29) is 29.9 Å². The number of aromatic amines is 1. The van der Waals surface area contributed by atoms with E-state index >= 15 is 0 Å². The molecule has 1 aliphatic rings. The number of hydrogen-bond acceptors (Lipinski definition) is 7. The van der Waals surface area contributed by atoms with Gasteiger partial charge in [-0.15, -0.1) is 0 Å². The van der Waals surface area contributed by atoms with Crippen LogP contribution >= 0.6 is 0 Å². The largest absolute Gasteiger partial charge is 0.458 e. The van der Waals surface area contributed by atoms with Gasteiger partial charge in [-0.25, -0.2) is 0 Å². The number of H-pyrrole nitrogens is 1. The maximum absolute atomic E-state index is 13.1. The Morgan fingerprint density at radius 3 is 2.81 bits per heavy atom. The molecule has 1 fully saturated rings. The van der Waals surface area contributed by atoms with Crippen LogP contribution in [0.25, 0.3) is 11.4 Å². The first-order valence-corrected chi connectivity index (χ1v) is 10.4. The molecule has 0 bridgehead atoms. The molecular weight excluding hydrogens is 412 g/mol. The first kappa shape index (κ1) is 21.7. The molecule has 3 aromatic heterocycles. The predicted molar refractivity (Wildman–Crippen MR) is 117 cm³/mol. The Labute approximate surface area is 185 Å². The van der Waals surface area contributed by atoms with E-state index < -0.39 is 5.91 Å². The molecule has 0 spiro atoms. The van der Waals surface area contributed by atoms with Crippen molar-refractivity contribution in [1.29, 1.82) is 0 Å². The molecule has 4 heterocycles. The summed E-state index contributed by atoms with van der Waals surface area (Å²) in [4.78, 5) is 37.1. The number of carbonyl (C=O) groups excluding carboxylic acids is 1. The standard InChI is InChI=1S/C22H26N6O4/c1-12-9-13(2)25-20(29)16(12)10-23-21(30)19-14(3)18(17-5-7-24-28(17)4)26-22(27-19)32-15-6-8-31-11-15/h5,7,9,15H,6,8,10-11H2,1-4H3,(H,23,30)(H,25,29)/t15-/m0/s1. The van der Waals surface area contributed by atoms with Crippen molar-refractivity contribution in [3.63, 3.8) is 0 Å². The molecule has 2 N–H and O–H groups in total. The third-order valence-electron chi connectivity index (χ3n) is 5.48. The molecular formula is C22H26N6O4. The minimum absolute atomic E-state index is 0.0808. The molecule has 1 atom stereocenters. The molecule has 10 nitrogen and oxygen atoms in total. The van der Waals surface area contributed by atoms with Gasteiger partial charge in [0.2, 0.25) is 0 Å². The Hall–Kier alpha value is -3.53. The van der Waals surface area contributed by atoms with E-state index in [2.05, 4.69) is 25.4 Å². The van der Waals surface area contributed by atoms with Gasteiger partial charge in [-0.05, 0) is 38.5 Å². The topological polar surface area (TPSA) is 124 Å². The fourth-order valence-corrected chi connectivity index (χ4v) is 3.73. The van der Waals surface area contributed by atoms with E-state index in [9.17, 15) is 9.59 Å². The predicted octanol–water partition coefficient (Wildman–Crippen LogP) is 1.59. The zero-order valence-corrected chi connectivity index (χ0v) is 18.6. The first-order valence-electron chi connectivity index (χ1n) is 10.4. The van der Waals surface area contributed by atoms with Crippen molar-refractivity contribution in [1.82, 2.24) is 30.0 Å². The maximum atomic E-state index is 13.1. The molecule has 168 valence electrons. The van der Waals surface area contributed by atoms with Gasteiger partial charge >= 0.3 is 6.01 Å². The second kappa shape index (κ2) is 8.91. The number of nitrogens with one attached hydrogen (secondary N) is 2. The molecule has 0 aliphatic carbocycles. The molecule has 3 aromatic rings. The monoisotopic (exact) mass is 438 g/mol. The van der Waals surface area contributed by atoms with Gasteiger partial charge in [0.1, 0.15) is 11.8 Å². The van der Waals surface area contributed by atoms with Crippen molar-refractivity contribution in [2.45, 2.75) is 39.8 Å². The van der Waals surface area contributed by atoms with Crippen molar-refractivity contribution in [2.24, 2.45) is 7.05 Å². The first-order chi connectivity index (χ1) is 15.3. The normalized spacial score (nSPS) is 15.7. The van der Waals surface area contributed by atoms with Crippen LogP contribution in [-0.2, 0) is 18.3 Å². The lowest BCUT2D eigenvalue weighted by Crippen LogP contribution is -2.29. The fraction of sp³-hybridized carbons (Fsp3) is 0.409. The average Bonchev–Trinajstić information content (AvgIpc) is 3.40. The van der Waals surface area contributed by atoms with E-state index in [1.165, 1.54) is 0 Å². The van der Waals surface area contributed by atoms with Crippen LogP contribution in [-0.4, -0.2) is 50.0 Å². The number of hydrogen-bond donors (Lipinski definition) is 2. The fourth-order valence-electron chi connectivity index (χ4n) is 3.73. The van der Waals surface area contributed by atoms with Gasteiger partial charge in [0.05, 0.1) is 24.6 Å². The maximum Gasteiger partial charge on any atom is 0.318 e. The number of ether oxygens (including phenoxy) is 2. The van der Waals surface area contributed by atoms with Crippen LogP contribution in [0, 0.1) is 20.8 Å². The summed E-state index contributed by atoms with van der Waals surface area (Å²) >= 11 is 0. The molecule has 10 heteroatoms. The lowest BCUT2D eigenvalue weighted by atomic mass is 10.1. The zero-order chi connectivity index (χ0) is 22.8. The van der Waals surface area contributed by atoms with Crippen LogP contribution in [0.1, 0.15) is 39.3 Å². The van der Waals surface area contributed by atoms with Gasteiger partial charge in [0.25, 0.3) is 11.5 Å². The second-order valence-electron chi connectivity index (χ2n) is 7.90. The van der Waals surface area contributed by atoms with Gasteiger partial charge in [0, 0.05) is 43.0 Å². The summed E-state index contributed by atoms with van der Waals surface area (Å²) in [6.07, 6.45) is 2.23. The van der Waals surface area contributed by atoms with Crippen LogP contribution in [0.2, 0.25) is 0 Å². The van der Waals surface area contributed by atoms with Crippen LogP contribution in [0.5, 0.6) is 6.01 Å². The highest BCUT2D eigenvalue weighted by atomic mass is 16.6. The van der Waals surface area contributed by atoms with Crippen molar-refractivity contribution < 1.29 is 14.3 Å². The summed E-state index contributed by atoms with van der Waals surface area (Å²) in [5, 5.41) is 7.01. The van der Waals surface area contributed by atoms with Gasteiger partial charge in [-0.1, -0.05) is 0 Å². The highest BCUT2D eigenvalue weighted by Gasteiger charge is 2.24. The van der Waals surface area contributed by atoms with Gasteiger partial charge < -0.3 is 19.8 Å². The van der Waals surface area contributed by atoms with Gasteiger partial charge in [-0.3, -0.25) is 14.3 Å². The van der Waals surface area contributed by atoms with E-state index in [0.29, 0.717) is 30.0 Å². The second-order valence-corrected chi connectivity index (χ2v) is 7.90. The summed E-state index contributed by atoms with van der Waals surface area (Å²) in [6.45, 7) is 6.59. The molecule has 0 radical (unpaired) electrons. The summed E-state index contributed by atoms with van der Waals surface area (Å²) in [5.74, 6) is -0.416. The molecule has 1 saturated heterocycles. The molecule has 1 aliphatic heterocycles. The minimum Gasteiger partial charge on any atom is -0.458 e. The average molecular weight is 438 g/mol. The highest BCUT2D eigenvalue weighted by Crippen LogP contribution is 2.26. The zero-order valence-electron chi connectivity index (χ0n) is 18.6. The third-order valence-corrected chi connectivity index (χ3v) is 5.48. The summed E-state index contributed by atoms with van der Waals surface area (Å²) < 4.78 is 12.9. The smallest absolute Gasteiger partial charge is 0.318 e. The molecule has 0 saturated carbocycles. The molecule has 32 heavy (non-hydrogen) atoms. The summed E-state index contributed by atoms with van der Waals surface area (Å²) in [7, 11) is 1.80. The number of nitrogens with zero attached hydrogens (tertiary/aromatic N) is 4. The van der Waals surface area contributed by atoms with Gasteiger partial charge in [0.15, 0.2) is 0 Å².